The Morgan fingerprint density at radius 1 is 1.19 bits per heavy atom. The average Bonchev–Trinajstić information content (AvgIpc) is 3.14. The average molecular weight is 374 g/mol. The minimum Gasteiger partial charge on any atom is -0.493 e. The van der Waals surface area contributed by atoms with E-state index < -0.39 is 0 Å². The van der Waals surface area contributed by atoms with Crippen LogP contribution in [0.15, 0.2) is 33.8 Å². The van der Waals surface area contributed by atoms with Crippen LogP contribution in [0.4, 0.5) is 0 Å². The first-order chi connectivity index (χ1) is 13.2. The molecule has 0 aliphatic heterocycles. The number of methoxy groups -OCH3 is 1. The van der Waals surface area contributed by atoms with E-state index in [-0.39, 0.29) is 0 Å². The van der Waals surface area contributed by atoms with Crippen molar-refractivity contribution in [3.8, 4) is 5.75 Å². The molecule has 7 heteroatoms. The van der Waals surface area contributed by atoms with Crippen molar-refractivity contribution in [3.05, 3.63) is 46.8 Å². The number of rotatable bonds is 10. The van der Waals surface area contributed by atoms with Crippen molar-refractivity contribution in [2.75, 3.05) is 27.4 Å². The molecule has 0 unspecified atom stereocenters. The van der Waals surface area contributed by atoms with Gasteiger partial charge in [0.05, 0.1) is 18.8 Å². The number of hydrogen-bond donors (Lipinski definition) is 2. The molecule has 7 nitrogen and oxygen atoms in total. The molecule has 0 spiro atoms. The fourth-order valence-corrected chi connectivity index (χ4v) is 2.50. The molecule has 1 aromatic carbocycles. The summed E-state index contributed by atoms with van der Waals surface area (Å²) in [6.45, 7) is 6.56. The van der Waals surface area contributed by atoms with Crippen molar-refractivity contribution in [2.45, 2.75) is 39.8 Å². The zero-order chi connectivity index (χ0) is 19.5. The molecular formula is C20H30N4O3. The number of benzene rings is 1. The van der Waals surface area contributed by atoms with Gasteiger partial charge in [-0.1, -0.05) is 24.2 Å². The van der Waals surface area contributed by atoms with Gasteiger partial charge >= 0.3 is 0 Å². The van der Waals surface area contributed by atoms with Crippen LogP contribution in [0.2, 0.25) is 0 Å². The third-order valence-corrected chi connectivity index (χ3v) is 4.04. The van der Waals surface area contributed by atoms with E-state index in [1.54, 1.807) is 14.2 Å². The van der Waals surface area contributed by atoms with Crippen molar-refractivity contribution in [3.63, 3.8) is 0 Å². The molecule has 0 aliphatic rings. The molecule has 148 valence electrons. The Bertz CT molecular complexity index is 728. The number of guanidine groups is 1. The normalized spacial score (nSPS) is 11.5. The maximum atomic E-state index is 5.93. The number of aromatic nitrogens is 1. The maximum Gasteiger partial charge on any atom is 0.191 e. The molecule has 27 heavy (non-hydrogen) atoms. The Morgan fingerprint density at radius 3 is 2.70 bits per heavy atom. The lowest BCUT2D eigenvalue weighted by molar-refractivity contribution is 0.171. The molecule has 2 aromatic rings. The largest absolute Gasteiger partial charge is 0.493 e. The van der Waals surface area contributed by atoms with Gasteiger partial charge in [-0.05, 0) is 25.0 Å². The minimum absolute atomic E-state index is 0.529. The van der Waals surface area contributed by atoms with Crippen molar-refractivity contribution < 1.29 is 14.0 Å². The zero-order valence-electron chi connectivity index (χ0n) is 16.7. The first-order valence-electron chi connectivity index (χ1n) is 9.26. The van der Waals surface area contributed by atoms with Gasteiger partial charge in [0.15, 0.2) is 11.7 Å². The van der Waals surface area contributed by atoms with Crippen molar-refractivity contribution >= 4 is 5.96 Å². The van der Waals surface area contributed by atoms with Gasteiger partial charge in [-0.3, -0.25) is 4.99 Å². The van der Waals surface area contributed by atoms with Crippen LogP contribution in [0.5, 0.6) is 5.75 Å². The first-order valence-corrected chi connectivity index (χ1v) is 9.26. The van der Waals surface area contributed by atoms with Crippen LogP contribution in [-0.4, -0.2) is 38.5 Å². The first kappa shape index (κ1) is 20.8. The van der Waals surface area contributed by atoms with Gasteiger partial charge < -0.3 is 24.6 Å². The van der Waals surface area contributed by atoms with E-state index in [0.717, 1.165) is 35.6 Å². The Labute approximate surface area is 161 Å². The van der Waals surface area contributed by atoms with E-state index in [1.807, 2.05) is 13.0 Å². The van der Waals surface area contributed by atoms with Crippen LogP contribution in [0.3, 0.4) is 0 Å². The van der Waals surface area contributed by atoms with E-state index in [9.17, 15) is 0 Å². The topological polar surface area (TPSA) is 80.9 Å². The van der Waals surface area contributed by atoms with Crippen molar-refractivity contribution in [1.82, 2.24) is 15.8 Å². The molecule has 0 fully saturated rings. The number of hydrogen-bond acceptors (Lipinski definition) is 5. The van der Waals surface area contributed by atoms with Crippen LogP contribution in [0, 0.1) is 6.92 Å². The molecule has 1 aromatic heterocycles. The predicted octanol–water partition coefficient (Wildman–Crippen LogP) is 2.83. The molecule has 0 amide bonds. The molecule has 0 atom stereocenters. The Hall–Kier alpha value is -2.54. The fraction of sp³-hybridized carbons (Fsp3) is 0.500. The Morgan fingerprint density at radius 2 is 2.00 bits per heavy atom. The smallest absolute Gasteiger partial charge is 0.191 e. The summed E-state index contributed by atoms with van der Waals surface area (Å²) in [4.78, 5) is 4.25. The summed E-state index contributed by atoms with van der Waals surface area (Å²) in [7, 11) is 3.44. The second-order valence-corrected chi connectivity index (χ2v) is 6.22. The standard InChI is InChI=1S/C20H30N4O3/c1-5-17-12-18(27-24-17)14-23-20(21-3)22-13-16-8-7-15(2)11-19(16)26-10-6-9-25-4/h7-8,11-12H,5-6,9-10,13-14H2,1-4H3,(H2,21,22,23). The predicted molar refractivity (Wildman–Crippen MR) is 106 cm³/mol. The maximum absolute atomic E-state index is 5.93. The van der Waals surface area contributed by atoms with Crippen LogP contribution >= 0.6 is 0 Å². The highest BCUT2D eigenvalue weighted by atomic mass is 16.5. The molecule has 0 bridgehead atoms. The van der Waals surface area contributed by atoms with Gasteiger partial charge in [0.2, 0.25) is 0 Å². The highest BCUT2D eigenvalue weighted by Gasteiger charge is 2.07. The molecule has 0 aliphatic carbocycles. The lowest BCUT2D eigenvalue weighted by atomic mass is 10.1. The van der Waals surface area contributed by atoms with Crippen molar-refractivity contribution in [2.24, 2.45) is 4.99 Å². The summed E-state index contributed by atoms with van der Waals surface area (Å²) >= 11 is 0. The quantitative estimate of drug-likeness (QED) is 0.378. The molecule has 0 saturated heterocycles. The van der Waals surface area contributed by atoms with Gasteiger partial charge in [-0.25, -0.2) is 0 Å². The van der Waals surface area contributed by atoms with E-state index in [2.05, 4.69) is 45.9 Å². The van der Waals surface area contributed by atoms with Gasteiger partial charge in [-0.2, -0.15) is 0 Å². The number of nitrogens with zero attached hydrogens (tertiary/aromatic N) is 2. The Balaban J connectivity index is 1.89. The number of ether oxygens (including phenoxy) is 2. The summed E-state index contributed by atoms with van der Waals surface area (Å²) in [6, 6.07) is 8.16. The third kappa shape index (κ3) is 6.94. The lowest BCUT2D eigenvalue weighted by Gasteiger charge is -2.15. The summed E-state index contributed by atoms with van der Waals surface area (Å²) in [6.07, 6.45) is 1.72. The number of nitrogens with one attached hydrogen (secondary N) is 2. The molecule has 1 heterocycles. The van der Waals surface area contributed by atoms with Gasteiger partial charge in [0, 0.05) is 45.4 Å². The SMILES string of the molecule is CCc1cc(CNC(=NC)NCc2ccc(C)cc2OCCCOC)on1. The Kier molecular flexibility index (Phi) is 8.64. The van der Waals surface area contributed by atoms with E-state index >= 15 is 0 Å². The van der Waals surface area contributed by atoms with E-state index in [1.165, 1.54) is 5.56 Å². The minimum atomic E-state index is 0.529. The fourth-order valence-electron chi connectivity index (χ4n) is 2.50. The van der Waals surface area contributed by atoms with Gasteiger partial charge in [0.25, 0.3) is 0 Å². The van der Waals surface area contributed by atoms with Gasteiger partial charge in [0.1, 0.15) is 5.75 Å². The molecule has 0 radical (unpaired) electrons. The molecule has 2 N–H and O–H groups in total. The zero-order valence-corrected chi connectivity index (χ0v) is 16.7. The number of aryl methyl sites for hydroxylation is 2. The van der Waals surface area contributed by atoms with Gasteiger partial charge in [-0.15, -0.1) is 0 Å². The lowest BCUT2D eigenvalue weighted by Crippen LogP contribution is -2.36. The molecule has 0 saturated carbocycles. The summed E-state index contributed by atoms with van der Waals surface area (Å²) in [5.74, 6) is 2.36. The van der Waals surface area contributed by atoms with Crippen LogP contribution in [0.1, 0.15) is 35.9 Å². The highest BCUT2D eigenvalue weighted by molar-refractivity contribution is 5.79. The van der Waals surface area contributed by atoms with E-state index in [0.29, 0.717) is 32.3 Å². The van der Waals surface area contributed by atoms with Crippen LogP contribution in [-0.2, 0) is 24.2 Å². The third-order valence-electron chi connectivity index (χ3n) is 4.04. The van der Waals surface area contributed by atoms with Crippen molar-refractivity contribution in [1.29, 1.82) is 0 Å². The second kappa shape index (κ2) is 11.2. The number of aliphatic imine (C=N–C) groups is 1. The summed E-state index contributed by atoms with van der Waals surface area (Å²) in [5.41, 5.74) is 3.19. The molecule has 2 rings (SSSR count). The highest BCUT2D eigenvalue weighted by Crippen LogP contribution is 2.20. The summed E-state index contributed by atoms with van der Waals surface area (Å²) < 4.78 is 16.3. The van der Waals surface area contributed by atoms with Crippen LogP contribution in [0.25, 0.3) is 0 Å². The molecular weight excluding hydrogens is 344 g/mol. The summed E-state index contributed by atoms with van der Waals surface area (Å²) in [5, 5.41) is 10.5. The van der Waals surface area contributed by atoms with E-state index in [4.69, 9.17) is 14.0 Å². The monoisotopic (exact) mass is 374 g/mol. The van der Waals surface area contributed by atoms with Crippen LogP contribution < -0.4 is 15.4 Å². The second-order valence-electron chi connectivity index (χ2n) is 6.22.